The van der Waals surface area contributed by atoms with E-state index in [1.807, 2.05) is 109 Å². The Morgan fingerprint density at radius 3 is 1.80 bits per heavy atom. The Balaban J connectivity index is 0.912. The van der Waals surface area contributed by atoms with Crippen molar-refractivity contribution in [3.63, 3.8) is 0 Å². The van der Waals surface area contributed by atoms with E-state index in [-0.39, 0.29) is 37.5 Å². The van der Waals surface area contributed by atoms with E-state index in [9.17, 15) is 9.59 Å². The number of aromatic nitrogens is 4. The minimum atomic E-state index is -0.318. The number of carbonyl (C=O) groups excluding carboxylic acids is 2. The molecule has 0 aliphatic carbocycles. The van der Waals surface area contributed by atoms with Crippen molar-refractivity contribution in [2.24, 2.45) is 0 Å². The highest BCUT2D eigenvalue weighted by Gasteiger charge is 2.32. The third-order valence-electron chi connectivity index (χ3n) is 10.1. The zero-order chi connectivity index (χ0) is 36.7. The molecule has 8 rings (SSSR count). The number of rotatable bonds is 7. The molecule has 10 heteroatoms. The molecule has 0 bridgehead atoms. The number of hydrogen-bond acceptors (Lipinski definition) is 6. The van der Waals surface area contributed by atoms with Gasteiger partial charge in [-0.2, -0.15) is 0 Å². The van der Waals surface area contributed by atoms with Crippen LogP contribution in [0.15, 0.2) is 103 Å². The molecule has 0 saturated carbocycles. The Kier molecular flexibility index (Phi) is 10.4. The molecule has 2 saturated heterocycles. The van der Waals surface area contributed by atoms with Crippen LogP contribution in [0, 0.1) is 11.8 Å². The Morgan fingerprint density at radius 1 is 0.685 bits per heavy atom. The summed E-state index contributed by atoms with van der Waals surface area (Å²) in [6.45, 7) is 1.76. The molecule has 0 radical (unpaired) electrons. The highest BCUT2D eigenvalue weighted by Crippen LogP contribution is 2.33. The van der Waals surface area contributed by atoms with Crippen LogP contribution >= 0.6 is 0 Å². The fourth-order valence-corrected chi connectivity index (χ4v) is 7.30. The van der Waals surface area contributed by atoms with Crippen molar-refractivity contribution in [3.05, 3.63) is 137 Å². The van der Waals surface area contributed by atoms with Crippen molar-refractivity contribution in [3.8, 4) is 11.8 Å². The van der Waals surface area contributed by atoms with E-state index in [2.05, 4.69) is 21.8 Å². The molecule has 10 nitrogen and oxygen atoms in total. The van der Waals surface area contributed by atoms with E-state index in [4.69, 9.17) is 19.4 Å². The fraction of sp³-hybridized carbons (Fsp3) is 0.273. The largest absolute Gasteiger partial charge is 0.445 e. The molecule has 2 atom stereocenters. The van der Waals surface area contributed by atoms with Gasteiger partial charge < -0.3 is 19.4 Å². The van der Waals surface area contributed by atoms with Crippen LogP contribution in [-0.4, -0.2) is 55.0 Å². The van der Waals surface area contributed by atoms with Gasteiger partial charge in [-0.1, -0.05) is 78.6 Å². The Morgan fingerprint density at radius 2 is 1.22 bits per heavy atom. The van der Waals surface area contributed by atoms with E-state index in [1.165, 1.54) is 0 Å². The predicted molar refractivity (Wildman–Crippen MR) is 208 cm³/mol. The number of aromatic amines is 2. The lowest BCUT2D eigenvalue weighted by Gasteiger charge is -2.33. The number of benzene rings is 4. The summed E-state index contributed by atoms with van der Waals surface area (Å²) in [6.07, 6.45) is 8.75. The second-order valence-corrected chi connectivity index (χ2v) is 13.8. The Bertz CT molecular complexity index is 2340. The number of H-pyrrole nitrogens is 2. The van der Waals surface area contributed by atoms with Crippen molar-refractivity contribution in [1.82, 2.24) is 29.7 Å². The smallest absolute Gasteiger partial charge is 0.410 e. The number of likely N-dealkylation sites (tertiary alicyclic amines) is 2. The minimum absolute atomic E-state index is 0.162. The van der Waals surface area contributed by atoms with Crippen LogP contribution in [0.2, 0.25) is 0 Å². The molecule has 4 heterocycles. The summed E-state index contributed by atoms with van der Waals surface area (Å²) in [5.41, 5.74) is 7.22. The standard InChI is InChI=1S/C44H42N6O4/c51-43(53-29-33-15-3-1-4-16-33)49-25-11-9-19-39(49)41-45-35-23-21-31(27-37(35)47-41)13-7-8-14-32-22-24-36-38(28-32)48-42(46-36)40-20-10-12-26-50(40)44(52)54-30-34-17-5-2-6-18-34/h1-7,13,15-18,21-24,27-28,39-40H,9-12,19-20,25-26,29-30H2,(H,45,47)(H,46,48)/t39-,40-/m0/s1. The number of carbonyl (C=O) groups is 2. The molecule has 2 aliphatic rings. The minimum Gasteiger partial charge on any atom is -0.445 e. The quantitative estimate of drug-likeness (QED) is 0.159. The maximum absolute atomic E-state index is 13.1. The third kappa shape index (κ3) is 8.01. The average Bonchev–Trinajstić information content (AvgIpc) is 3.85. The van der Waals surface area contributed by atoms with Gasteiger partial charge in [0.1, 0.15) is 24.9 Å². The molecule has 2 fully saturated rings. The molecule has 2 amide bonds. The van der Waals surface area contributed by atoms with E-state index < -0.39 is 0 Å². The molecule has 0 spiro atoms. The summed E-state index contributed by atoms with van der Waals surface area (Å²) < 4.78 is 11.4. The molecule has 0 unspecified atom stereocenters. The number of piperidine rings is 2. The molecule has 6 aromatic rings. The number of hydrogen-bond donors (Lipinski definition) is 2. The van der Waals surface area contributed by atoms with Gasteiger partial charge in [-0.15, -0.1) is 0 Å². The van der Waals surface area contributed by atoms with E-state index in [0.717, 1.165) is 94.5 Å². The Labute approximate surface area is 314 Å². The van der Waals surface area contributed by atoms with Crippen molar-refractivity contribution in [2.75, 3.05) is 13.1 Å². The van der Waals surface area contributed by atoms with Gasteiger partial charge >= 0.3 is 12.2 Å². The summed E-state index contributed by atoms with van der Waals surface area (Å²) >= 11 is 0. The SMILES string of the molecule is O=C(OCc1ccccc1)N1CCCC[C@H]1c1nc2cc(C#CC=Cc3ccc4[nH]c([C@@H]5CCCCN5C(=O)OCc5ccccc5)nc4c3)ccc2[nH]1. The lowest BCUT2D eigenvalue weighted by Crippen LogP contribution is -2.39. The lowest BCUT2D eigenvalue weighted by molar-refractivity contribution is 0.0655. The number of amides is 2. The highest BCUT2D eigenvalue weighted by atomic mass is 16.6. The number of nitrogens with one attached hydrogen (secondary N) is 2. The van der Waals surface area contributed by atoms with E-state index in [0.29, 0.717) is 13.1 Å². The number of imidazole rings is 2. The summed E-state index contributed by atoms with van der Waals surface area (Å²) in [6, 6.07) is 31.1. The van der Waals surface area contributed by atoms with Gasteiger partial charge in [0.15, 0.2) is 0 Å². The van der Waals surface area contributed by atoms with E-state index >= 15 is 0 Å². The van der Waals surface area contributed by atoms with E-state index in [1.54, 1.807) is 9.80 Å². The van der Waals surface area contributed by atoms with Crippen molar-refractivity contribution >= 4 is 40.3 Å². The first-order valence-corrected chi connectivity index (χ1v) is 18.7. The van der Waals surface area contributed by atoms with Gasteiger partial charge in [0, 0.05) is 18.7 Å². The zero-order valence-electron chi connectivity index (χ0n) is 30.0. The number of nitrogens with zero attached hydrogens (tertiary/aromatic N) is 4. The molecule has 54 heavy (non-hydrogen) atoms. The normalized spacial score (nSPS) is 17.4. The Hall–Kier alpha value is -6.34. The van der Waals surface area contributed by atoms with Crippen molar-refractivity contribution in [2.45, 2.75) is 63.8 Å². The number of ether oxygens (including phenoxy) is 2. The first kappa shape index (κ1) is 34.7. The molecule has 2 N–H and O–H groups in total. The molecule has 2 aromatic heterocycles. The average molecular weight is 719 g/mol. The second-order valence-electron chi connectivity index (χ2n) is 13.8. The second kappa shape index (κ2) is 16.1. The van der Waals surface area contributed by atoms with Crippen LogP contribution in [0.4, 0.5) is 9.59 Å². The number of allylic oxidation sites excluding steroid dienone is 1. The van der Waals surface area contributed by atoms with Crippen LogP contribution < -0.4 is 0 Å². The summed E-state index contributed by atoms with van der Waals surface area (Å²) in [5.74, 6) is 7.93. The van der Waals surface area contributed by atoms with Gasteiger partial charge in [-0.3, -0.25) is 9.80 Å². The summed E-state index contributed by atoms with van der Waals surface area (Å²) in [7, 11) is 0. The van der Waals surface area contributed by atoms with Gasteiger partial charge in [0.05, 0.1) is 34.2 Å². The predicted octanol–water partition coefficient (Wildman–Crippen LogP) is 9.23. The topological polar surface area (TPSA) is 116 Å². The van der Waals surface area contributed by atoms with Crippen LogP contribution in [0.1, 0.15) is 84.5 Å². The van der Waals surface area contributed by atoms with Gasteiger partial charge in [-0.25, -0.2) is 19.6 Å². The molecular formula is C44H42N6O4. The maximum Gasteiger partial charge on any atom is 0.410 e. The molecular weight excluding hydrogens is 677 g/mol. The summed E-state index contributed by atoms with van der Waals surface area (Å²) in [4.78, 5) is 46.5. The van der Waals surface area contributed by atoms with Gasteiger partial charge in [0.2, 0.25) is 0 Å². The van der Waals surface area contributed by atoms with Crippen molar-refractivity contribution in [1.29, 1.82) is 0 Å². The van der Waals surface area contributed by atoms with Crippen molar-refractivity contribution < 1.29 is 19.1 Å². The molecule has 272 valence electrons. The fourth-order valence-electron chi connectivity index (χ4n) is 7.30. The van der Waals surface area contributed by atoms with Gasteiger partial charge in [-0.05, 0) is 97.7 Å². The lowest BCUT2D eigenvalue weighted by atomic mass is 10.0. The molecule has 4 aromatic carbocycles. The molecule has 2 aliphatic heterocycles. The van der Waals surface area contributed by atoms with Crippen LogP contribution in [0.25, 0.3) is 28.1 Å². The van der Waals surface area contributed by atoms with Gasteiger partial charge in [0.25, 0.3) is 0 Å². The van der Waals surface area contributed by atoms with Crippen LogP contribution in [-0.2, 0) is 22.7 Å². The monoisotopic (exact) mass is 718 g/mol. The highest BCUT2D eigenvalue weighted by molar-refractivity contribution is 5.79. The number of fused-ring (bicyclic) bond motifs is 2. The van der Waals surface area contributed by atoms with Crippen LogP contribution in [0.3, 0.4) is 0 Å². The summed E-state index contributed by atoms with van der Waals surface area (Å²) in [5, 5.41) is 0. The first-order chi connectivity index (χ1) is 26.6. The maximum atomic E-state index is 13.1. The zero-order valence-corrected chi connectivity index (χ0v) is 30.0. The van der Waals surface area contributed by atoms with Crippen LogP contribution in [0.5, 0.6) is 0 Å². The first-order valence-electron chi connectivity index (χ1n) is 18.7. The third-order valence-corrected chi connectivity index (χ3v) is 10.1.